The highest BCUT2D eigenvalue weighted by molar-refractivity contribution is 5.87. The first-order valence-corrected chi connectivity index (χ1v) is 10.1. The molecule has 0 aliphatic carbocycles. The van der Waals surface area contributed by atoms with E-state index in [1.54, 1.807) is 31.4 Å². The third-order valence-corrected chi connectivity index (χ3v) is 5.10. The molecule has 0 saturated carbocycles. The third kappa shape index (κ3) is 6.50. The van der Waals surface area contributed by atoms with Gasteiger partial charge >= 0.3 is 12.1 Å². The Morgan fingerprint density at radius 3 is 2.60 bits per heavy atom. The summed E-state index contributed by atoms with van der Waals surface area (Å²) in [5.74, 6) is -1.11. The van der Waals surface area contributed by atoms with Crippen molar-refractivity contribution in [1.29, 1.82) is 0 Å². The molecule has 0 spiro atoms. The van der Waals surface area contributed by atoms with Crippen molar-refractivity contribution < 1.29 is 29.0 Å². The number of carbonyl (C=O) groups is 3. The van der Waals surface area contributed by atoms with Gasteiger partial charge in [0.1, 0.15) is 18.4 Å². The Balaban J connectivity index is 1.91. The molecule has 0 radical (unpaired) electrons. The first-order valence-electron chi connectivity index (χ1n) is 10.1. The van der Waals surface area contributed by atoms with Gasteiger partial charge < -0.3 is 24.8 Å². The van der Waals surface area contributed by atoms with Crippen molar-refractivity contribution in [1.82, 2.24) is 10.2 Å². The van der Waals surface area contributed by atoms with Crippen LogP contribution in [0.1, 0.15) is 38.2 Å². The summed E-state index contributed by atoms with van der Waals surface area (Å²) in [7, 11) is 1.58. The number of methoxy groups -OCH3 is 1. The number of amides is 2. The third-order valence-electron chi connectivity index (χ3n) is 5.10. The fraction of sp³-hybridized carbons (Fsp3) is 0.500. The van der Waals surface area contributed by atoms with Crippen LogP contribution in [0.4, 0.5) is 4.79 Å². The number of ether oxygens (including phenoxy) is 2. The monoisotopic (exact) mass is 418 g/mol. The molecule has 0 unspecified atom stereocenters. The number of nitrogens with zero attached hydrogens (tertiary/aromatic N) is 1. The molecule has 8 heteroatoms. The molecular weight excluding hydrogens is 388 g/mol. The summed E-state index contributed by atoms with van der Waals surface area (Å²) in [5.41, 5.74) is 1.53. The van der Waals surface area contributed by atoms with Crippen LogP contribution in [0, 0.1) is 5.92 Å². The van der Waals surface area contributed by atoms with Crippen LogP contribution in [-0.4, -0.2) is 54.2 Å². The zero-order valence-electron chi connectivity index (χ0n) is 17.6. The molecule has 0 bridgehead atoms. The summed E-state index contributed by atoms with van der Waals surface area (Å²) >= 11 is 0. The van der Waals surface area contributed by atoms with Crippen molar-refractivity contribution in [2.75, 3.05) is 20.2 Å². The van der Waals surface area contributed by atoms with Crippen LogP contribution in [-0.2, 0) is 20.9 Å². The summed E-state index contributed by atoms with van der Waals surface area (Å²) in [4.78, 5) is 37.9. The molecule has 1 aromatic carbocycles. The zero-order chi connectivity index (χ0) is 22.1. The molecule has 1 saturated heterocycles. The van der Waals surface area contributed by atoms with Gasteiger partial charge in [0.25, 0.3) is 0 Å². The standard InChI is InChI=1S/C22H30N2O6/c1-4-5-6-17(20(25)24-13-15(2)11-19(24)21(26)27)12-23-22(28)30-14-16-7-9-18(29-3)10-8-16/h7-10,17,19H,2,4-6,11-14H2,1,3H3,(H,23,28)(H,26,27)/t17-,19+/m1/s1. The number of alkyl carbamates (subject to hydrolysis) is 1. The van der Waals surface area contributed by atoms with Gasteiger partial charge in [0.15, 0.2) is 0 Å². The Morgan fingerprint density at radius 1 is 1.30 bits per heavy atom. The highest BCUT2D eigenvalue weighted by atomic mass is 16.5. The van der Waals surface area contributed by atoms with Crippen LogP contribution >= 0.6 is 0 Å². The Hall–Kier alpha value is -3.03. The summed E-state index contributed by atoms with van der Waals surface area (Å²) in [6.45, 7) is 6.26. The quantitative estimate of drug-likeness (QED) is 0.566. The van der Waals surface area contributed by atoms with E-state index >= 15 is 0 Å². The first kappa shape index (κ1) is 23.3. The number of benzene rings is 1. The summed E-state index contributed by atoms with van der Waals surface area (Å²) in [5, 5.41) is 12.0. The zero-order valence-corrected chi connectivity index (χ0v) is 17.6. The first-order chi connectivity index (χ1) is 14.3. The summed E-state index contributed by atoms with van der Waals surface area (Å²) < 4.78 is 10.3. The van der Waals surface area contributed by atoms with Gasteiger partial charge in [0.05, 0.1) is 13.0 Å². The van der Waals surface area contributed by atoms with E-state index in [1.165, 1.54) is 4.90 Å². The second kappa shape index (κ2) is 11.2. The number of carbonyl (C=O) groups excluding carboxylic acids is 2. The van der Waals surface area contributed by atoms with Crippen LogP contribution in [0.2, 0.25) is 0 Å². The molecular formula is C22H30N2O6. The maximum atomic E-state index is 13.0. The van der Waals surface area contributed by atoms with Crippen molar-refractivity contribution in [3.63, 3.8) is 0 Å². The molecule has 0 aromatic heterocycles. The smallest absolute Gasteiger partial charge is 0.407 e. The minimum Gasteiger partial charge on any atom is -0.497 e. The van der Waals surface area contributed by atoms with E-state index in [0.717, 1.165) is 24.0 Å². The van der Waals surface area contributed by atoms with Gasteiger partial charge in [-0.1, -0.05) is 44.1 Å². The maximum Gasteiger partial charge on any atom is 0.407 e. The Kier molecular flexibility index (Phi) is 8.70. The Labute approximate surface area is 176 Å². The van der Waals surface area contributed by atoms with Crippen molar-refractivity contribution in [2.24, 2.45) is 5.92 Å². The number of carboxylic acid groups (broad SMARTS) is 1. The molecule has 1 fully saturated rings. The number of hydrogen-bond acceptors (Lipinski definition) is 5. The molecule has 8 nitrogen and oxygen atoms in total. The lowest BCUT2D eigenvalue weighted by atomic mass is 10.00. The number of carboxylic acids is 1. The van der Waals surface area contributed by atoms with Crippen LogP contribution in [0.15, 0.2) is 36.4 Å². The van der Waals surface area contributed by atoms with Gasteiger partial charge in [-0.25, -0.2) is 9.59 Å². The van der Waals surface area contributed by atoms with E-state index in [1.807, 2.05) is 6.92 Å². The second-order valence-electron chi connectivity index (χ2n) is 7.42. The fourth-order valence-electron chi connectivity index (χ4n) is 3.38. The van der Waals surface area contributed by atoms with E-state index in [4.69, 9.17) is 9.47 Å². The van der Waals surface area contributed by atoms with Crippen molar-refractivity contribution in [3.8, 4) is 5.75 Å². The van der Waals surface area contributed by atoms with E-state index in [0.29, 0.717) is 12.2 Å². The molecule has 2 N–H and O–H groups in total. The van der Waals surface area contributed by atoms with Crippen LogP contribution in [0.25, 0.3) is 0 Å². The predicted molar refractivity (Wildman–Crippen MR) is 111 cm³/mol. The van der Waals surface area contributed by atoms with Gasteiger partial charge in [0.2, 0.25) is 5.91 Å². The fourth-order valence-corrected chi connectivity index (χ4v) is 3.38. The molecule has 2 rings (SSSR count). The van der Waals surface area contributed by atoms with Crippen molar-refractivity contribution in [3.05, 3.63) is 42.0 Å². The highest BCUT2D eigenvalue weighted by Crippen LogP contribution is 2.25. The van der Waals surface area contributed by atoms with Gasteiger partial charge in [-0.3, -0.25) is 4.79 Å². The van der Waals surface area contributed by atoms with Crippen molar-refractivity contribution >= 4 is 18.0 Å². The van der Waals surface area contributed by atoms with Gasteiger partial charge in [-0.2, -0.15) is 0 Å². The molecule has 2 amide bonds. The van der Waals surface area contributed by atoms with Gasteiger partial charge in [0, 0.05) is 19.5 Å². The average molecular weight is 418 g/mol. The minimum absolute atomic E-state index is 0.0929. The SMILES string of the molecule is C=C1C[C@@H](C(=O)O)N(C(=O)[C@H](CCCC)CNC(=O)OCc2ccc(OC)cc2)C1. The Bertz CT molecular complexity index is 761. The van der Waals surface area contributed by atoms with Gasteiger partial charge in [-0.15, -0.1) is 0 Å². The topological polar surface area (TPSA) is 105 Å². The largest absolute Gasteiger partial charge is 0.497 e. The van der Waals surface area contributed by atoms with Crippen LogP contribution < -0.4 is 10.1 Å². The van der Waals surface area contributed by atoms with E-state index in [-0.39, 0.29) is 32.0 Å². The number of likely N-dealkylation sites (tertiary alicyclic amines) is 1. The van der Waals surface area contributed by atoms with Gasteiger partial charge in [-0.05, 0) is 24.1 Å². The molecule has 2 atom stereocenters. The number of hydrogen-bond donors (Lipinski definition) is 2. The number of aliphatic carboxylic acids is 1. The second-order valence-corrected chi connectivity index (χ2v) is 7.42. The molecule has 1 aromatic rings. The molecule has 164 valence electrons. The summed E-state index contributed by atoms with van der Waals surface area (Å²) in [6, 6.07) is 6.26. The average Bonchev–Trinajstić information content (AvgIpc) is 3.14. The minimum atomic E-state index is -1.04. The van der Waals surface area contributed by atoms with E-state index in [2.05, 4.69) is 11.9 Å². The molecule has 1 aliphatic rings. The lowest BCUT2D eigenvalue weighted by molar-refractivity contribution is -0.150. The molecule has 30 heavy (non-hydrogen) atoms. The predicted octanol–water partition coefficient (Wildman–Crippen LogP) is 2.97. The lowest BCUT2D eigenvalue weighted by Crippen LogP contribution is -2.46. The van der Waals surface area contributed by atoms with Crippen molar-refractivity contribution in [2.45, 2.75) is 45.3 Å². The van der Waals surface area contributed by atoms with E-state index < -0.39 is 24.0 Å². The van der Waals surface area contributed by atoms with Crippen LogP contribution in [0.3, 0.4) is 0 Å². The number of unbranched alkanes of at least 4 members (excludes halogenated alkanes) is 1. The number of rotatable bonds is 10. The number of nitrogens with one attached hydrogen (secondary N) is 1. The molecule has 1 heterocycles. The summed E-state index contributed by atoms with van der Waals surface area (Å²) in [6.07, 6.45) is 1.88. The molecule has 1 aliphatic heterocycles. The normalized spacial score (nSPS) is 16.8. The maximum absolute atomic E-state index is 13.0. The van der Waals surface area contributed by atoms with E-state index in [9.17, 15) is 19.5 Å². The highest BCUT2D eigenvalue weighted by Gasteiger charge is 2.38. The Morgan fingerprint density at radius 2 is 2.00 bits per heavy atom. The lowest BCUT2D eigenvalue weighted by Gasteiger charge is -2.26. The van der Waals surface area contributed by atoms with Crippen LogP contribution in [0.5, 0.6) is 5.75 Å².